The van der Waals surface area contributed by atoms with Crippen LogP contribution < -0.4 is 10.2 Å². The first-order valence-electron chi connectivity index (χ1n) is 9.96. The van der Waals surface area contributed by atoms with Gasteiger partial charge in [-0.1, -0.05) is 25.1 Å². The van der Waals surface area contributed by atoms with Crippen molar-refractivity contribution in [3.63, 3.8) is 0 Å². The van der Waals surface area contributed by atoms with E-state index in [4.69, 9.17) is 17.0 Å². The molecular weight excluding hydrogens is 380 g/mol. The van der Waals surface area contributed by atoms with E-state index < -0.39 is 0 Å². The number of benzene rings is 1. The van der Waals surface area contributed by atoms with Crippen LogP contribution in [0.15, 0.2) is 67.0 Å². The highest BCUT2D eigenvalue weighted by atomic mass is 32.1. The van der Waals surface area contributed by atoms with E-state index in [1.807, 2.05) is 18.3 Å². The number of hydrogen-bond acceptors (Lipinski definition) is 3. The third-order valence-corrected chi connectivity index (χ3v) is 5.74. The van der Waals surface area contributed by atoms with Gasteiger partial charge in [-0.2, -0.15) is 0 Å². The molecular formula is C23H26N4OS. The molecule has 29 heavy (non-hydrogen) atoms. The van der Waals surface area contributed by atoms with Crippen LogP contribution in [0.2, 0.25) is 0 Å². The van der Waals surface area contributed by atoms with Gasteiger partial charge in [-0.3, -0.25) is 4.98 Å². The van der Waals surface area contributed by atoms with Crippen LogP contribution in [-0.2, 0) is 17.7 Å². The molecule has 1 N–H and O–H groups in total. The van der Waals surface area contributed by atoms with E-state index in [9.17, 15) is 0 Å². The molecule has 2 aromatic heterocycles. The van der Waals surface area contributed by atoms with Gasteiger partial charge in [0.25, 0.3) is 0 Å². The normalized spacial score (nSPS) is 18.8. The van der Waals surface area contributed by atoms with Crippen LogP contribution in [0.3, 0.4) is 0 Å². The molecule has 3 heterocycles. The summed E-state index contributed by atoms with van der Waals surface area (Å²) in [5, 5.41) is 4.24. The molecule has 0 amide bonds. The number of rotatable bonds is 7. The highest BCUT2D eigenvalue weighted by Gasteiger charge is 2.41. The average molecular weight is 407 g/mol. The lowest BCUT2D eigenvalue weighted by atomic mass is 10.0. The fourth-order valence-corrected chi connectivity index (χ4v) is 4.26. The summed E-state index contributed by atoms with van der Waals surface area (Å²) in [7, 11) is 1.73. The smallest absolute Gasteiger partial charge is 0.174 e. The minimum atomic E-state index is -0.0363. The molecule has 0 radical (unpaired) electrons. The zero-order valence-electron chi connectivity index (χ0n) is 16.8. The standard InChI is InChI=1S/C23H26N4OS/c1-3-17-9-11-18(12-10-17)27-22(20-8-6-14-26(20)15-16-28-2)21(25-23(27)29)19-7-4-5-13-24-19/h4-14,21-22H,3,15-16H2,1-2H3,(H,25,29)/t21-,22+/m0/s1. The quantitative estimate of drug-likeness (QED) is 0.594. The van der Waals surface area contributed by atoms with E-state index in [0.717, 1.165) is 29.5 Å². The van der Waals surface area contributed by atoms with Crippen LogP contribution in [0.1, 0.15) is 36.0 Å². The van der Waals surface area contributed by atoms with Gasteiger partial charge in [0.2, 0.25) is 0 Å². The molecule has 0 saturated carbocycles. The molecule has 2 atom stereocenters. The zero-order chi connectivity index (χ0) is 20.2. The number of methoxy groups -OCH3 is 1. The Bertz CT molecular complexity index is 955. The largest absolute Gasteiger partial charge is 0.383 e. The van der Waals surface area contributed by atoms with Gasteiger partial charge in [0.1, 0.15) is 6.04 Å². The van der Waals surface area contributed by atoms with Crippen molar-refractivity contribution < 1.29 is 4.74 Å². The summed E-state index contributed by atoms with van der Waals surface area (Å²) in [6, 6.07) is 18.9. The Kier molecular flexibility index (Phi) is 5.92. The minimum Gasteiger partial charge on any atom is -0.383 e. The lowest BCUT2D eigenvalue weighted by Crippen LogP contribution is -2.30. The van der Waals surface area contributed by atoms with Crippen molar-refractivity contribution in [2.45, 2.75) is 32.0 Å². The highest BCUT2D eigenvalue weighted by molar-refractivity contribution is 7.80. The summed E-state index contributed by atoms with van der Waals surface area (Å²) >= 11 is 5.80. The second kappa shape index (κ2) is 8.76. The molecule has 3 aromatic rings. The number of aryl methyl sites for hydroxylation is 1. The Hall–Kier alpha value is -2.70. The fourth-order valence-electron chi connectivity index (χ4n) is 3.91. The number of nitrogens with one attached hydrogen (secondary N) is 1. The summed E-state index contributed by atoms with van der Waals surface area (Å²) < 4.78 is 7.56. The summed E-state index contributed by atoms with van der Waals surface area (Å²) in [5.41, 5.74) is 4.56. The third-order valence-electron chi connectivity index (χ3n) is 5.42. The van der Waals surface area contributed by atoms with Gasteiger partial charge in [0, 0.05) is 37.4 Å². The first-order chi connectivity index (χ1) is 14.2. The Labute approximate surface area is 177 Å². The zero-order valence-corrected chi connectivity index (χ0v) is 17.6. The van der Waals surface area contributed by atoms with Crippen molar-refractivity contribution in [2.75, 3.05) is 18.6 Å². The van der Waals surface area contributed by atoms with Gasteiger partial charge < -0.3 is 19.5 Å². The number of hydrogen-bond donors (Lipinski definition) is 1. The number of thiocarbonyl (C=S) groups is 1. The van der Waals surface area contributed by atoms with E-state index in [-0.39, 0.29) is 12.1 Å². The molecule has 1 aliphatic rings. The first-order valence-corrected chi connectivity index (χ1v) is 10.4. The number of aromatic nitrogens is 2. The molecule has 0 unspecified atom stereocenters. The Morgan fingerprint density at radius 3 is 2.62 bits per heavy atom. The summed E-state index contributed by atoms with van der Waals surface area (Å²) in [5.74, 6) is 0. The van der Waals surface area contributed by atoms with Crippen LogP contribution in [-0.4, -0.2) is 28.4 Å². The van der Waals surface area contributed by atoms with E-state index >= 15 is 0 Å². The maximum absolute atomic E-state index is 5.80. The maximum Gasteiger partial charge on any atom is 0.174 e. The predicted molar refractivity (Wildman–Crippen MR) is 120 cm³/mol. The van der Waals surface area contributed by atoms with Crippen LogP contribution in [0.5, 0.6) is 0 Å². The van der Waals surface area contributed by atoms with Crippen LogP contribution in [0.25, 0.3) is 0 Å². The van der Waals surface area contributed by atoms with Crippen molar-refractivity contribution in [3.8, 4) is 0 Å². The second-order valence-corrected chi connectivity index (χ2v) is 7.52. The molecule has 5 nitrogen and oxygen atoms in total. The molecule has 1 saturated heterocycles. The summed E-state index contributed by atoms with van der Waals surface area (Å²) in [6.07, 6.45) is 4.95. The molecule has 1 aliphatic heterocycles. The molecule has 0 spiro atoms. The van der Waals surface area contributed by atoms with Crippen LogP contribution in [0.4, 0.5) is 5.69 Å². The van der Waals surface area contributed by atoms with E-state index in [1.165, 1.54) is 11.3 Å². The highest BCUT2D eigenvalue weighted by Crippen LogP contribution is 2.41. The van der Waals surface area contributed by atoms with Crippen molar-refractivity contribution in [1.82, 2.24) is 14.9 Å². The molecule has 0 aliphatic carbocycles. The van der Waals surface area contributed by atoms with E-state index in [2.05, 4.69) is 75.4 Å². The Morgan fingerprint density at radius 2 is 1.93 bits per heavy atom. The lowest BCUT2D eigenvalue weighted by molar-refractivity contribution is 0.186. The van der Waals surface area contributed by atoms with E-state index in [1.54, 1.807) is 7.11 Å². The molecule has 6 heteroatoms. The lowest BCUT2D eigenvalue weighted by Gasteiger charge is -2.29. The van der Waals surface area contributed by atoms with Crippen molar-refractivity contribution >= 4 is 23.0 Å². The monoisotopic (exact) mass is 406 g/mol. The summed E-state index contributed by atoms with van der Waals surface area (Å²) in [6.45, 7) is 3.62. The van der Waals surface area contributed by atoms with Crippen LogP contribution in [0, 0.1) is 0 Å². The van der Waals surface area contributed by atoms with Gasteiger partial charge in [0.05, 0.1) is 18.3 Å². The number of ether oxygens (including phenoxy) is 1. The molecule has 4 rings (SSSR count). The van der Waals surface area contributed by atoms with Crippen LogP contribution >= 0.6 is 12.2 Å². The van der Waals surface area contributed by atoms with Crippen molar-refractivity contribution in [1.29, 1.82) is 0 Å². The molecule has 1 aromatic carbocycles. The van der Waals surface area contributed by atoms with Crippen molar-refractivity contribution in [3.05, 3.63) is 83.9 Å². The Morgan fingerprint density at radius 1 is 1.10 bits per heavy atom. The topological polar surface area (TPSA) is 42.3 Å². The first kappa shape index (κ1) is 19.6. The minimum absolute atomic E-state index is 0.00303. The molecule has 150 valence electrons. The van der Waals surface area contributed by atoms with Gasteiger partial charge in [-0.15, -0.1) is 0 Å². The average Bonchev–Trinajstić information content (AvgIpc) is 3.36. The Balaban J connectivity index is 1.78. The number of anilines is 1. The molecule has 1 fully saturated rings. The van der Waals surface area contributed by atoms with E-state index in [0.29, 0.717) is 6.61 Å². The van der Waals surface area contributed by atoms with Crippen molar-refractivity contribution in [2.24, 2.45) is 0 Å². The summed E-state index contributed by atoms with van der Waals surface area (Å²) in [4.78, 5) is 6.83. The van der Waals surface area contributed by atoms with Gasteiger partial charge in [0.15, 0.2) is 5.11 Å². The predicted octanol–water partition coefficient (Wildman–Crippen LogP) is 4.27. The third kappa shape index (κ3) is 3.91. The fraction of sp³-hybridized carbons (Fsp3) is 0.304. The van der Waals surface area contributed by atoms with Gasteiger partial charge in [-0.05, 0) is 60.6 Å². The maximum atomic E-state index is 5.80. The number of nitrogens with zero attached hydrogens (tertiary/aromatic N) is 3. The SMILES string of the molecule is CCc1ccc(N2C(=S)N[C@@H](c3ccccn3)[C@H]2c2cccn2CCOC)cc1. The number of pyridine rings is 1. The molecule has 0 bridgehead atoms. The van der Waals surface area contributed by atoms with Gasteiger partial charge >= 0.3 is 0 Å². The second-order valence-electron chi connectivity index (χ2n) is 7.14. The van der Waals surface area contributed by atoms with Gasteiger partial charge in [-0.25, -0.2) is 0 Å².